The highest BCUT2D eigenvalue weighted by molar-refractivity contribution is 7.47. The lowest BCUT2D eigenvalue weighted by atomic mass is 10.1. The fourth-order valence-electron chi connectivity index (χ4n) is 4.17. The number of unbranched alkanes of at least 4 members (excludes halogenated alkanes) is 14. The van der Waals surface area contributed by atoms with Gasteiger partial charge in [-0.05, 0) is 38.5 Å². The van der Waals surface area contributed by atoms with Crippen LogP contribution in [-0.2, 0) is 32.7 Å². The second-order valence-corrected chi connectivity index (χ2v) is 12.2. The Kier molecular flexibility index (Phi) is 27.6. The van der Waals surface area contributed by atoms with Gasteiger partial charge in [0, 0.05) is 12.8 Å². The molecule has 0 bridgehead atoms. The van der Waals surface area contributed by atoms with Crippen molar-refractivity contribution in [3.63, 3.8) is 0 Å². The first kappa shape index (κ1) is 40.7. The molecule has 0 heterocycles. The molecule has 3 N–H and O–H groups in total. The van der Waals surface area contributed by atoms with Crippen LogP contribution >= 0.6 is 7.82 Å². The lowest BCUT2D eigenvalue weighted by Crippen LogP contribution is -2.28. The number of carbonyl (C=O) groups excluding carboxylic acids is 2. The van der Waals surface area contributed by atoms with E-state index in [1.54, 1.807) is 0 Å². The maximum atomic E-state index is 12.1. The highest BCUT2D eigenvalue weighted by Gasteiger charge is 2.27. The number of hydrogen-bond acceptors (Lipinski definition) is 9. The predicted octanol–water partition coefficient (Wildman–Crippen LogP) is 6.94. The van der Waals surface area contributed by atoms with Gasteiger partial charge in [-0.3, -0.25) is 18.6 Å². The number of carbonyl (C=O) groups is 2. The van der Waals surface area contributed by atoms with Crippen LogP contribution in [0.15, 0.2) is 12.2 Å². The predicted molar refractivity (Wildman–Crippen MR) is 164 cm³/mol. The Balaban J connectivity index is 3.94. The Morgan fingerprint density at radius 2 is 0.976 bits per heavy atom. The van der Waals surface area contributed by atoms with Crippen molar-refractivity contribution in [2.45, 2.75) is 148 Å². The van der Waals surface area contributed by atoms with Gasteiger partial charge in [-0.25, -0.2) is 4.57 Å². The fourth-order valence-corrected chi connectivity index (χ4v) is 4.95. The van der Waals surface area contributed by atoms with E-state index in [0.29, 0.717) is 12.8 Å². The van der Waals surface area contributed by atoms with E-state index in [1.807, 2.05) is 6.92 Å². The lowest BCUT2D eigenvalue weighted by molar-refractivity contribution is -0.153. The number of aliphatic hydroxyl groups excluding tert-OH is 2. The minimum Gasteiger partial charge on any atom is -0.457 e. The third kappa shape index (κ3) is 26.3. The third-order valence-corrected chi connectivity index (χ3v) is 7.68. The lowest BCUT2D eigenvalue weighted by Gasteiger charge is -2.20. The number of ether oxygens (including phenoxy) is 2. The van der Waals surface area contributed by atoms with E-state index < -0.39 is 58.4 Å². The summed E-state index contributed by atoms with van der Waals surface area (Å²) in [7, 11) is -4.60. The van der Waals surface area contributed by atoms with Crippen molar-refractivity contribution in [2.75, 3.05) is 26.4 Å². The SMILES string of the molecule is CCCCCCCCC/C=C\CCCCCCCC(=O)OC(CO)COP(=O)(O)OCC(CO)OC(=O)CCCCC. The summed E-state index contributed by atoms with van der Waals surface area (Å²) < 4.78 is 31.9. The van der Waals surface area contributed by atoms with Crippen molar-refractivity contribution in [2.24, 2.45) is 0 Å². The van der Waals surface area contributed by atoms with Crippen LogP contribution < -0.4 is 0 Å². The molecule has 42 heavy (non-hydrogen) atoms. The Bertz CT molecular complexity index is 731. The van der Waals surface area contributed by atoms with Gasteiger partial charge in [0.15, 0.2) is 0 Å². The minimum atomic E-state index is -4.60. The van der Waals surface area contributed by atoms with Crippen molar-refractivity contribution in [1.82, 2.24) is 0 Å². The number of phosphoric acid groups is 1. The standard InChI is InChI=1S/C31H59O10P/c1-3-5-7-8-9-10-11-12-13-14-15-16-17-18-19-21-23-31(35)41-29(25-33)27-39-42(36,37)38-26-28(24-32)40-30(34)22-20-6-4-2/h13-14,28-29,32-33H,3-12,15-27H2,1-2H3,(H,36,37)/b14-13-. The first-order valence-corrected chi connectivity index (χ1v) is 17.6. The summed E-state index contributed by atoms with van der Waals surface area (Å²) in [5, 5.41) is 18.8. The Morgan fingerprint density at radius 3 is 1.40 bits per heavy atom. The quantitative estimate of drug-likeness (QED) is 0.0333. The van der Waals surface area contributed by atoms with Crippen LogP contribution in [0.1, 0.15) is 136 Å². The van der Waals surface area contributed by atoms with E-state index in [-0.39, 0.29) is 12.8 Å². The highest BCUT2D eigenvalue weighted by atomic mass is 31.2. The second kappa shape index (κ2) is 28.5. The Labute approximate surface area is 254 Å². The molecule has 3 atom stereocenters. The van der Waals surface area contributed by atoms with Crippen LogP contribution in [0, 0.1) is 0 Å². The van der Waals surface area contributed by atoms with Crippen LogP contribution in [0.4, 0.5) is 0 Å². The molecule has 0 aliphatic rings. The first-order valence-electron chi connectivity index (χ1n) is 16.1. The van der Waals surface area contributed by atoms with Gasteiger partial charge in [-0.2, -0.15) is 0 Å². The summed E-state index contributed by atoms with van der Waals surface area (Å²) >= 11 is 0. The molecule has 0 saturated carbocycles. The smallest absolute Gasteiger partial charge is 0.457 e. The molecular formula is C31H59O10P. The van der Waals surface area contributed by atoms with Gasteiger partial charge < -0.3 is 24.6 Å². The molecule has 0 aromatic rings. The van der Waals surface area contributed by atoms with Gasteiger partial charge in [0.2, 0.25) is 0 Å². The van der Waals surface area contributed by atoms with Crippen molar-refractivity contribution in [3.8, 4) is 0 Å². The summed E-state index contributed by atoms with van der Waals surface area (Å²) in [6.07, 6.45) is 21.5. The average Bonchev–Trinajstić information content (AvgIpc) is 2.97. The minimum absolute atomic E-state index is 0.179. The van der Waals surface area contributed by atoms with Gasteiger partial charge in [0.1, 0.15) is 12.2 Å². The van der Waals surface area contributed by atoms with E-state index in [1.165, 1.54) is 51.4 Å². The van der Waals surface area contributed by atoms with Crippen molar-refractivity contribution < 1.29 is 47.8 Å². The molecule has 0 fully saturated rings. The zero-order valence-corrected chi connectivity index (χ0v) is 27.1. The summed E-state index contributed by atoms with van der Waals surface area (Å²) in [5.74, 6) is -1.05. The second-order valence-electron chi connectivity index (χ2n) is 10.8. The topological polar surface area (TPSA) is 149 Å². The van der Waals surface area contributed by atoms with Gasteiger partial charge in [0.25, 0.3) is 0 Å². The molecule has 3 unspecified atom stereocenters. The highest BCUT2D eigenvalue weighted by Crippen LogP contribution is 2.43. The molecule has 11 heteroatoms. The summed E-state index contributed by atoms with van der Waals surface area (Å²) in [6, 6.07) is 0. The Hall–Kier alpha value is -1.29. The van der Waals surface area contributed by atoms with Crippen molar-refractivity contribution >= 4 is 19.8 Å². The van der Waals surface area contributed by atoms with Crippen LogP contribution in [-0.4, -0.2) is 65.7 Å². The number of esters is 2. The summed E-state index contributed by atoms with van der Waals surface area (Å²) in [6.45, 7) is 1.95. The molecule has 0 aliphatic heterocycles. The van der Waals surface area contributed by atoms with E-state index >= 15 is 0 Å². The van der Waals surface area contributed by atoms with Crippen LogP contribution in [0.5, 0.6) is 0 Å². The molecule has 0 amide bonds. The van der Waals surface area contributed by atoms with Gasteiger partial charge in [-0.1, -0.05) is 96.6 Å². The maximum Gasteiger partial charge on any atom is 0.472 e. The number of aliphatic hydroxyl groups is 2. The van der Waals surface area contributed by atoms with E-state index in [0.717, 1.165) is 44.9 Å². The van der Waals surface area contributed by atoms with E-state index in [2.05, 4.69) is 19.1 Å². The molecule has 0 saturated heterocycles. The number of allylic oxidation sites excluding steroid dienone is 2. The van der Waals surface area contributed by atoms with Crippen molar-refractivity contribution in [3.05, 3.63) is 12.2 Å². The molecule has 0 aliphatic carbocycles. The summed E-state index contributed by atoms with van der Waals surface area (Å²) in [5.41, 5.74) is 0. The van der Waals surface area contributed by atoms with Crippen LogP contribution in [0.25, 0.3) is 0 Å². The third-order valence-electron chi connectivity index (χ3n) is 6.73. The number of phosphoric ester groups is 1. The van der Waals surface area contributed by atoms with E-state index in [4.69, 9.17) is 18.5 Å². The normalized spacial score (nSPS) is 14.5. The summed E-state index contributed by atoms with van der Waals surface area (Å²) in [4.78, 5) is 33.7. The molecule has 0 aromatic heterocycles. The molecule has 0 aromatic carbocycles. The van der Waals surface area contributed by atoms with Gasteiger partial charge in [0.05, 0.1) is 26.4 Å². The number of hydrogen-bond donors (Lipinski definition) is 3. The maximum absolute atomic E-state index is 12.1. The molecule has 248 valence electrons. The molecule has 0 radical (unpaired) electrons. The van der Waals surface area contributed by atoms with Crippen LogP contribution in [0.2, 0.25) is 0 Å². The van der Waals surface area contributed by atoms with E-state index in [9.17, 15) is 29.3 Å². The number of rotatable bonds is 30. The van der Waals surface area contributed by atoms with Gasteiger partial charge in [-0.15, -0.1) is 0 Å². The van der Waals surface area contributed by atoms with Crippen LogP contribution in [0.3, 0.4) is 0 Å². The molecule has 10 nitrogen and oxygen atoms in total. The largest absolute Gasteiger partial charge is 0.472 e. The average molecular weight is 623 g/mol. The zero-order chi connectivity index (χ0) is 31.3. The first-order chi connectivity index (χ1) is 20.3. The van der Waals surface area contributed by atoms with Gasteiger partial charge >= 0.3 is 19.8 Å². The molecule has 0 rings (SSSR count). The zero-order valence-electron chi connectivity index (χ0n) is 26.2. The molecule has 0 spiro atoms. The van der Waals surface area contributed by atoms with Crippen molar-refractivity contribution in [1.29, 1.82) is 0 Å². The monoisotopic (exact) mass is 622 g/mol. The molecular weight excluding hydrogens is 563 g/mol. The fraction of sp³-hybridized carbons (Fsp3) is 0.871. The Morgan fingerprint density at radius 1 is 0.619 bits per heavy atom.